The number of hydrogen-bond acceptors (Lipinski definition) is 3. The highest BCUT2D eigenvalue weighted by molar-refractivity contribution is 5.81. The Kier molecular flexibility index (Phi) is 5.42. The summed E-state index contributed by atoms with van der Waals surface area (Å²) in [4.78, 5) is 26.1. The number of carbonyl (C=O) groups excluding carboxylic acids is 2. The van der Waals surface area contributed by atoms with E-state index in [9.17, 15) is 9.59 Å². The first-order valence-electron chi connectivity index (χ1n) is 10.0. The zero-order chi connectivity index (χ0) is 18.2. The zero-order valence-electron chi connectivity index (χ0n) is 16.3. The van der Waals surface area contributed by atoms with Crippen LogP contribution >= 0.6 is 0 Å². The van der Waals surface area contributed by atoms with Crippen molar-refractivity contribution >= 4 is 11.8 Å². The van der Waals surface area contributed by atoms with E-state index in [4.69, 9.17) is 0 Å². The quantitative estimate of drug-likeness (QED) is 0.740. The topological polar surface area (TPSA) is 61.4 Å². The number of rotatable bonds is 7. The van der Waals surface area contributed by atoms with E-state index in [2.05, 4.69) is 17.6 Å². The molecule has 5 nitrogen and oxygen atoms in total. The number of carbonyl (C=O) groups is 2. The molecule has 0 aliphatic heterocycles. The van der Waals surface area contributed by atoms with Gasteiger partial charge in [0.1, 0.15) is 0 Å². The van der Waals surface area contributed by atoms with E-state index in [-0.39, 0.29) is 37.0 Å². The molecule has 4 rings (SSSR count). The van der Waals surface area contributed by atoms with Crippen LogP contribution in [0.3, 0.4) is 0 Å². The fourth-order valence-electron chi connectivity index (χ4n) is 6.06. The molecule has 4 saturated carbocycles. The molecule has 0 saturated heterocycles. The Hall–Kier alpha value is -1.10. The SMILES string of the molecule is CC(C)NC(=O)CN(C)CC(=O)N[C@@H](C)C12CC3CC(CC(C3)C1)C2. The maximum atomic E-state index is 12.5. The molecule has 0 radical (unpaired) electrons. The second-order valence-electron chi connectivity index (χ2n) is 9.46. The van der Waals surface area contributed by atoms with Gasteiger partial charge in [0, 0.05) is 12.1 Å². The van der Waals surface area contributed by atoms with Crippen molar-refractivity contribution in [2.45, 2.75) is 71.4 Å². The first-order valence-corrected chi connectivity index (χ1v) is 10.0. The van der Waals surface area contributed by atoms with E-state index in [1.54, 1.807) is 4.90 Å². The van der Waals surface area contributed by atoms with E-state index >= 15 is 0 Å². The summed E-state index contributed by atoms with van der Waals surface area (Å²) in [6.45, 7) is 6.63. The molecule has 2 amide bonds. The van der Waals surface area contributed by atoms with E-state index in [1.807, 2.05) is 20.9 Å². The summed E-state index contributed by atoms with van der Waals surface area (Å²) in [5.41, 5.74) is 0.331. The molecule has 4 aliphatic carbocycles. The van der Waals surface area contributed by atoms with E-state index in [0.717, 1.165) is 17.8 Å². The lowest BCUT2D eigenvalue weighted by Crippen LogP contribution is -2.56. The highest BCUT2D eigenvalue weighted by Gasteiger charge is 2.53. The van der Waals surface area contributed by atoms with Crippen molar-refractivity contribution in [3.8, 4) is 0 Å². The van der Waals surface area contributed by atoms with Crippen molar-refractivity contribution in [1.82, 2.24) is 15.5 Å². The molecule has 4 fully saturated rings. The van der Waals surface area contributed by atoms with Gasteiger partial charge in [-0.1, -0.05) is 0 Å². The summed E-state index contributed by atoms with van der Waals surface area (Å²) in [7, 11) is 1.83. The van der Waals surface area contributed by atoms with Crippen LogP contribution in [0.1, 0.15) is 59.3 Å². The molecule has 0 aromatic rings. The van der Waals surface area contributed by atoms with Crippen molar-refractivity contribution in [3.63, 3.8) is 0 Å². The fourth-order valence-corrected chi connectivity index (χ4v) is 6.06. The first kappa shape index (κ1) is 18.7. The lowest BCUT2D eigenvalue weighted by atomic mass is 9.48. The number of nitrogens with zero attached hydrogens (tertiary/aromatic N) is 1. The molecular formula is C20H35N3O2. The van der Waals surface area contributed by atoms with Gasteiger partial charge < -0.3 is 10.6 Å². The Morgan fingerprint density at radius 1 is 0.920 bits per heavy atom. The van der Waals surface area contributed by atoms with Gasteiger partial charge in [-0.3, -0.25) is 14.5 Å². The first-order chi connectivity index (χ1) is 11.8. The summed E-state index contributed by atoms with van der Waals surface area (Å²) in [5, 5.41) is 6.13. The average Bonchev–Trinajstić information content (AvgIpc) is 2.43. The minimum atomic E-state index is -0.0283. The van der Waals surface area contributed by atoms with Crippen LogP contribution in [-0.2, 0) is 9.59 Å². The molecule has 1 atom stereocenters. The third-order valence-corrected chi connectivity index (χ3v) is 6.66. The van der Waals surface area contributed by atoms with Crippen LogP contribution in [0.4, 0.5) is 0 Å². The molecule has 0 unspecified atom stereocenters. The maximum Gasteiger partial charge on any atom is 0.234 e. The summed E-state index contributed by atoms with van der Waals surface area (Å²) in [6, 6.07) is 0.372. The molecule has 142 valence electrons. The maximum absolute atomic E-state index is 12.5. The Morgan fingerprint density at radius 2 is 1.36 bits per heavy atom. The van der Waals surface area contributed by atoms with Gasteiger partial charge in [0.2, 0.25) is 11.8 Å². The van der Waals surface area contributed by atoms with Gasteiger partial charge in [-0.05, 0) is 89.5 Å². The van der Waals surface area contributed by atoms with Crippen LogP contribution in [0.15, 0.2) is 0 Å². The van der Waals surface area contributed by atoms with Crippen molar-refractivity contribution < 1.29 is 9.59 Å². The van der Waals surface area contributed by atoms with Gasteiger partial charge in [0.05, 0.1) is 13.1 Å². The third-order valence-electron chi connectivity index (χ3n) is 6.66. The molecule has 0 spiro atoms. The van der Waals surface area contributed by atoms with Gasteiger partial charge in [0.15, 0.2) is 0 Å². The second-order valence-corrected chi connectivity index (χ2v) is 9.46. The van der Waals surface area contributed by atoms with Crippen LogP contribution in [0.25, 0.3) is 0 Å². The smallest absolute Gasteiger partial charge is 0.234 e. The molecule has 0 aromatic carbocycles. The normalized spacial score (nSPS) is 34.4. The third kappa shape index (κ3) is 4.36. The Balaban J connectivity index is 1.48. The van der Waals surface area contributed by atoms with Gasteiger partial charge in [-0.25, -0.2) is 0 Å². The van der Waals surface area contributed by atoms with E-state index < -0.39 is 0 Å². The summed E-state index contributed by atoms with van der Waals surface area (Å²) in [5.74, 6) is 2.71. The predicted octanol–water partition coefficient (Wildman–Crippen LogP) is 2.16. The monoisotopic (exact) mass is 349 g/mol. The fraction of sp³-hybridized carbons (Fsp3) is 0.900. The second kappa shape index (κ2) is 7.26. The Morgan fingerprint density at radius 3 is 1.80 bits per heavy atom. The highest BCUT2D eigenvalue weighted by Crippen LogP contribution is 2.61. The largest absolute Gasteiger partial charge is 0.353 e. The van der Waals surface area contributed by atoms with Crippen molar-refractivity contribution in [3.05, 3.63) is 0 Å². The van der Waals surface area contributed by atoms with Gasteiger partial charge in [0.25, 0.3) is 0 Å². The van der Waals surface area contributed by atoms with Crippen LogP contribution in [0.2, 0.25) is 0 Å². The van der Waals surface area contributed by atoms with Crippen molar-refractivity contribution in [2.75, 3.05) is 20.1 Å². The summed E-state index contributed by atoms with van der Waals surface area (Å²) < 4.78 is 0. The summed E-state index contributed by atoms with van der Waals surface area (Å²) in [6.07, 6.45) is 8.17. The molecule has 0 aromatic heterocycles. The number of likely N-dealkylation sites (N-methyl/N-ethyl adjacent to an activating group) is 1. The van der Waals surface area contributed by atoms with E-state index in [0.29, 0.717) is 5.41 Å². The lowest BCUT2D eigenvalue weighted by Gasteiger charge is -2.59. The molecule has 4 aliphatic rings. The van der Waals surface area contributed by atoms with E-state index in [1.165, 1.54) is 38.5 Å². The zero-order valence-corrected chi connectivity index (χ0v) is 16.3. The number of nitrogens with one attached hydrogen (secondary N) is 2. The van der Waals surface area contributed by atoms with Crippen molar-refractivity contribution in [1.29, 1.82) is 0 Å². The number of hydrogen-bond donors (Lipinski definition) is 2. The molecular weight excluding hydrogens is 314 g/mol. The Labute approximate surface area is 152 Å². The van der Waals surface area contributed by atoms with Crippen LogP contribution < -0.4 is 10.6 Å². The predicted molar refractivity (Wildman–Crippen MR) is 99.0 cm³/mol. The van der Waals surface area contributed by atoms with Crippen LogP contribution in [0, 0.1) is 23.2 Å². The lowest BCUT2D eigenvalue weighted by molar-refractivity contribution is -0.128. The van der Waals surface area contributed by atoms with Gasteiger partial charge in [-0.15, -0.1) is 0 Å². The van der Waals surface area contributed by atoms with Gasteiger partial charge in [-0.2, -0.15) is 0 Å². The molecule has 0 heterocycles. The van der Waals surface area contributed by atoms with Crippen LogP contribution in [-0.4, -0.2) is 48.9 Å². The standard InChI is InChI=1S/C20H35N3O2/c1-13(2)21-18(24)11-23(4)12-19(25)22-14(3)20-8-15-5-16(9-20)7-17(6-15)10-20/h13-17H,5-12H2,1-4H3,(H,21,24)(H,22,25)/t14-,15?,16?,17?,20?/m0/s1. The molecule has 25 heavy (non-hydrogen) atoms. The minimum Gasteiger partial charge on any atom is -0.353 e. The average molecular weight is 350 g/mol. The Bertz CT molecular complexity index is 482. The molecule has 2 N–H and O–H groups in total. The van der Waals surface area contributed by atoms with Gasteiger partial charge >= 0.3 is 0 Å². The highest BCUT2D eigenvalue weighted by atomic mass is 16.2. The van der Waals surface area contributed by atoms with Crippen LogP contribution in [0.5, 0.6) is 0 Å². The molecule has 4 bridgehead atoms. The van der Waals surface area contributed by atoms with Crippen molar-refractivity contribution in [2.24, 2.45) is 23.2 Å². The minimum absolute atomic E-state index is 0.0283. The number of amides is 2. The summed E-state index contributed by atoms with van der Waals surface area (Å²) >= 11 is 0. The molecule has 5 heteroatoms.